The summed E-state index contributed by atoms with van der Waals surface area (Å²) in [6.07, 6.45) is 1.41. The Labute approximate surface area is 170 Å². The van der Waals surface area contributed by atoms with E-state index in [-0.39, 0.29) is 16.3 Å². The maximum atomic E-state index is 12.7. The van der Waals surface area contributed by atoms with Crippen molar-refractivity contribution in [2.24, 2.45) is 0 Å². The van der Waals surface area contributed by atoms with Crippen LogP contribution in [0, 0.1) is 6.92 Å². The van der Waals surface area contributed by atoms with Gasteiger partial charge >= 0.3 is 0 Å². The molecule has 9 heteroatoms. The number of anilines is 2. The lowest BCUT2D eigenvalue weighted by atomic mass is 10.2. The Hall–Kier alpha value is -2.78. The standard InChI is InChI=1S/C19H17BrN2O5S/c1-12-9-10-27-18(12)19(23)21-16-11-15(7-8-17(16)26-2)28(24,25)22-14-5-3-13(20)4-6-14/h3-11,22H,1-2H3,(H,21,23). The molecule has 3 rings (SSSR count). The van der Waals surface area contributed by atoms with Crippen molar-refractivity contribution in [3.8, 4) is 5.75 Å². The van der Waals surface area contributed by atoms with Gasteiger partial charge in [-0.1, -0.05) is 15.9 Å². The number of hydrogen-bond donors (Lipinski definition) is 2. The molecule has 0 aliphatic rings. The van der Waals surface area contributed by atoms with Crippen LogP contribution in [0.15, 0.2) is 68.6 Å². The highest BCUT2D eigenvalue weighted by molar-refractivity contribution is 9.10. The lowest BCUT2D eigenvalue weighted by molar-refractivity contribution is 0.0995. The lowest BCUT2D eigenvalue weighted by Gasteiger charge is -2.13. The largest absolute Gasteiger partial charge is 0.495 e. The summed E-state index contributed by atoms with van der Waals surface area (Å²) in [6, 6.07) is 12.6. The average molecular weight is 465 g/mol. The zero-order valence-electron chi connectivity index (χ0n) is 15.0. The molecule has 146 valence electrons. The number of hydrogen-bond acceptors (Lipinski definition) is 5. The molecule has 2 aromatic carbocycles. The van der Waals surface area contributed by atoms with Gasteiger partial charge in [-0.15, -0.1) is 0 Å². The molecular weight excluding hydrogens is 448 g/mol. The summed E-state index contributed by atoms with van der Waals surface area (Å²) in [5.74, 6) is -0.0420. The van der Waals surface area contributed by atoms with Gasteiger partial charge in [0.1, 0.15) is 5.75 Å². The molecule has 0 aliphatic heterocycles. The summed E-state index contributed by atoms with van der Waals surface area (Å²) < 4.78 is 39.1. The van der Waals surface area contributed by atoms with Crippen LogP contribution in [0.5, 0.6) is 5.75 Å². The van der Waals surface area contributed by atoms with Crippen molar-refractivity contribution in [3.63, 3.8) is 0 Å². The van der Waals surface area contributed by atoms with Crippen molar-refractivity contribution in [2.45, 2.75) is 11.8 Å². The van der Waals surface area contributed by atoms with Gasteiger partial charge in [0.25, 0.3) is 15.9 Å². The molecule has 0 atom stereocenters. The third-order valence-electron chi connectivity index (χ3n) is 3.89. The Kier molecular flexibility index (Phi) is 5.76. The lowest BCUT2D eigenvalue weighted by Crippen LogP contribution is -2.16. The SMILES string of the molecule is COc1ccc(S(=O)(=O)Nc2ccc(Br)cc2)cc1NC(=O)c1occc1C. The van der Waals surface area contributed by atoms with Crippen molar-refractivity contribution < 1.29 is 22.4 Å². The Balaban J connectivity index is 1.90. The van der Waals surface area contributed by atoms with Crippen molar-refractivity contribution in [3.05, 3.63) is 70.6 Å². The van der Waals surface area contributed by atoms with Crippen LogP contribution in [0.4, 0.5) is 11.4 Å². The molecule has 0 spiro atoms. The molecule has 1 aromatic heterocycles. The number of methoxy groups -OCH3 is 1. The molecule has 0 radical (unpaired) electrons. The van der Waals surface area contributed by atoms with Gasteiger partial charge in [-0.05, 0) is 55.5 Å². The molecule has 28 heavy (non-hydrogen) atoms. The van der Waals surface area contributed by atoms with Crippen molar-refractivity contribution in [1.82, 2.24) is 0 Å². The molecule has 3 aromatic rings. The molecule has 7 nitrogen and oxygen atoms in total. The van der Waals surface area contributed by atoms with Gasteiger partial charge in [0, 0.05) is 15.7 Å². The number of benzene rings is 2. The Morgan fingerprint density at radius 1 is 1.11 bits per heavy atom. The molecule has 0 bridgehead atoms. The van der Waals surface area contributed by atoms with Gasteiger partial charge in [0.15, 0.2) is 5.76 Å². The summed E-state index contributed by atoms with van der Waals surface area (Å²) in [6.45, 7) is 1.73. The highest BCUT2D eigenvalue weighted by atomic mass is 79.9. The smallest absolute Gasteiger partial charge is 0.291 e. The molecule has 0 fully saturated rings. The maximum absolute atomic E-state index is 12.7. The first-order chi connectivity index (χ1) is 13.3. The maximum Gasteiger partial charge on any atom is 0.291 e. The zero-order chi connectivity index (χ0) is 20.3. The van der Waals surface area contributed by atoms with Crippen LogP contribution in [0.2, 0.25) is 0 Å². The van der Waals surface area contributed by atoms with E-state index in [4.69, 9.17) is 9.15 Å². The average Bonchev–Trinajstić information content (AvgIpc) is 3.09. The first-order valence-corrected chi connectivity index (χ1v) is 10.4. The number of furan rings is 1. The summed E-state index contributed by atoms with van der Waals surface area (Å²) in [5.41, 5.74) is 1.29. The predicted octanol–water partition coefficient (Wildman–Crippen LogP) is 4.41. The minimum atomic E-state index is -3.87. The number of nitrogens with one attached hydrogen (secondary N) is 2. The van der Waals surface area contributed by atoms with E-state index in [1.165, 1.54) is 31.6 Å². The normalized spacial score (nSPS) is 11.1. The van der Waals surface area contributed by atoms with Crippen molar-refractivity contribution in [2.75, 3.05) is 17.1 Å². The number of sulfonamides is 1. The number of ether oxygens (including phenoxy) is 1. The third-order valence-corrected chi connectivity index (χ3v) is 5.80. The number of rotatable bonds is 6. The minimum absolute atomic E-state index is 0.0253. The first kappa shape index (κ1) is 20.0. The minimum Gasteiger partial charge on any atom is -0.495 e. The topological polar surface area (TPSA) is 97.6 Å². The number of halogens is 1. The number of amides is 1. The van der Waals surface area contributed by atoms with Gasteiger partial charge in [-0.2, -0.15) is 0 Å². The molecule has 0 aliphatic carbocycles. The van der Waals surface area contributed by atoms with E-state index in [1.807, 2.05) is 0 Å². The fourth-order valence-electron chi connectivity index (χ4n) is 2.47. The molecular formula is C19H17BrN2O5S. The van der Waals surface area contributed by atoms with Crippen LogP contribution in [0.25, 0.3) is 0 Å². The number of aryl methyl sites for hydroxylation is 1. The van der Waals surface area contributed by atoms with Crippen LogP contribution in [-0.4, -0.2) is 21.4 Å². The molecule has 1 heterocycles. The van der Waals surface area contributed by atoms with Crippen molar-refractivity contribution >= 4 is 43.2 Å². The van der Waals surface area contributed by atoms with Gasteiger partial charge in [0.05, 0.1) is 24.0 Å². The van der Waals surface area contributed by atoms with E-state index in [9.17, 15) is 13.2 Å². The fraction of sp³-hybridized carbons (Fsp3) is 0.105. The molecule has 1 amide bonds. The quantitative estimate of drug-likeness (QED) is 0.562. The predicted molar refractivity (Wildman–Crippen MR) is 109 cm³/mol. The Morgan fingerprint density at radius 2 is 1.82 bits per heavy atom. The second kappa shape index (κ2) is 8.07. The molecule has 0 saturated carbocycles. The van der Waals surface area contributed by atoms with Gasteiger partial charge in [0.2, 0.25) is 0 Å². The van der Waals surface area contributed by atoms with E-state index in [0.29, 0.717) is 17.0 Å². The van der Waals surface area contributed by atoms with Gasteiger partial charge < -0.3 is 14.5 Å². The molecule has 2 N–H and O–H groups in total. The first-order valence-electron chi connectivity index (χ1n) is 8.12. The summed E-state index contributed by atoms with van der Waals surface area (Å²) in [7, 11) is -2.44. The fourth-order valence-corrected chi connectivity index (χ4v) is 3.82. The molecule has 0 saturated heterocycles. The summed E-state index contributed by atoms with van der Waals surface area (Å²) in [4.78, 5) is 12.4. The van der Waals surface area contributed by atoms with Crippen LogP contribution in [-0.2, 0) is 10.0 Å². The van der Waals surface area contributed by atoms with E-state index in [2.05, 4.69) is 26.0 Å². The Morgan fingerprint density at radius 3 is 2.43 bits per heavy atom. The molecule has 0 unspecified atom stereocenters. The van der Waals surface area contributed by atoms with E-state index >= 15 is 0 Å². The van der Waals surface area contributed by atoms with Crippen LogP contribution in [0.3, 0.4) is 0 Å². The highest BCUT2D eigenvalue weighted by Gasteiger charge is 2.20. The number of carbonyl (C=O) groups is 1. The Bertz CT molecular complexity index is 1110. The van der Waals surface area contributed by atoms with Crippen LogP contribution in [0.1, 0.15) is 16.1 Å². The second-order valence-electron chi connectivity index (χ2n) is 5.86. The van der Waals surface area contributed by atoms with Gasteiger partial charge in [-0.25, -0.2) is 8.42 Å². The van der Waals surface area contributed by atoms with Crippen LogP contribution < -0.4 is 14.8 Å². The second-order valence-corrected chi connectivity index (χ2v) is 8.46. The zero-order valence-corrected chi connectivity index (χ0v) is 17.4. The number of carbonyl (C=O) groups excluding carboxylic acids is 1. The van der Waals surface area contributed by atoms with E-state index in [0.717, 1.165) is 4.47 Å². The summed E-state index contributed by atoms with van der Waals surface area (Å²) >= 11 is 3.30. The van der Waals surface area contributed by atoms with E-state index < -0.39 is 15.9 Å². The third kappa shape index (κ3) is 4.37. The monoisotopic (exact) mass is 464 g/mol. The van der Waals surface area contributed by atoms with Gasteiger partial charge in [-0.3, -0.25) is 9.52 Å². The van der Waals surface area contributed by atoms with Crippen molar-refractivity contribution in [1.29, 1.82) is 0 Å². The summed E-state index contributed by atoms with van der Waals surface area (Å²) in [5, 5.41) is 2.63. The van der Waals surface area contributed by atoms with Crippen LogP contribution >= 0.6 is 15.9 Å². The van der Waals surface area contributed by atoms with E-state index in [1.54, 1.807) is 37.3 Å². The highest BCUT2D eigenvalue weighted by Crippen LogP contribution is 2.29.